The van der Waals surface area contributed by atoms with Gasteiger partial charge in [-0.1, -0.05) is 18.2 Å². The average Bonchev–Trinajstić information content (AvgIpc) is 2.67. The minimum Gasteiger partial charge on any atom is -0.406 e. The standard InChI is InChI=1S/C21H22F3N3O3/c1-27-10-8-14(9-11-27)19(28)15-4-2-5-16(12-15)25-20(29)26-17-6-3-7-18(13-17)30-21(22,23)24/h2-7,12-14H,8-11H2,1H3,(H2,25,26,29). The number of alkyl halides is 3. The Balaban J connectivity index is 1.61. The first-order valence-electron chi connectivity index (χ1n) is 9.46. The summed E-state index contributed by atoms with van der Waals surface area (Å²) in [5.41, 5.74) is 1.06. The number of piperidine rings is 1. The van der Waals surface area contributed by atoms with Crippen molar-refractivity contribution in [2.24, 2.45) is 5.92 Å². The van der Waals surface area contributed by atoms with Crippen LogP contribution in [0.4, 0.5) is 29.3 Å². The molecule has 0 bridgehead atoms. The Morgan fingerprint density at radius 2 is 1.60 bits per heavy atom. The van der Waals surface area contributed by atoms with E-state index in [1.165, 1.54) is 12.1 Å². The molecule has 30 heavy (non-hydrogen) atoms. The van der Waals surface area contributed by atoms with Crippen molar-refractivity contribution in [3.8, 4) is 5.75 Å². The third-order valence-corrected chi connectivity index (χ3v) is 4.82. The number of nitrogens with zero attached hydrogens (tertiary/aromatic N) is 1. The molecule has 1 saturated heterocycles. The first-order valence-corrected chi connectivity index (χ1v) is 9.46. The van der Waals surface area contributed by atoms with Crippen molar-refractivity contribution in [2.45, 2.75) is 19.2 Å². The number of ketones is 1. The molecule has 0 aromatic heterocycles. The highest BCUT2D eigenvalue weighted by Crippen LogP contribution is 2.26. The molecule has 0 spiro atoms. The maximum Gasteiger partial charge on any atom is 0.573 e. The Hall–Kier alpha value is -3.07. The number of carbonyl (C=O) groups is 2. The lowest BCUT2D eigenvalue weighted by Crippen LogP contribution is -2.33. The largest absolute Gasteiger partial charge is 0.573 e. The van der Waals surface area contributed by atoms with Crippen molar-refractivity contribution in [2.75, 3.05) is 30.8 Å². The van der Waals surface area contributed by atoms with Crippen LogP contribution in [0, 0.1) is 5.92 Å². The number of rotatable bonds is 5. The van der Waals surface area contributed by atoms with Gasteiger partial charge in [-0.2, -0.15) is 0 Å². The summed E-state index contributed by atoms with van der Waals surface area (Å²) in [4.78, 5) is 27.1. The van der Waals surface area contributed by atoms with E-state index < -0.39 is 18.1 Å². The van der Waals surface area contributed by atoms with Gasteiger partial charge < -0.3 is 20.3 Å². The summed E-state index contributed by atoms with van der Waals surface area (Å²) in [5, 5.41) is 5.04. The number of halogens is 3. The molecule has 2 amide bonds. The number of carbonyl (C=O) groups excluding carboxylic acids is 2. The molecular weight excluding hydrogens is 399 g/mol. The monoisotopic (exact) mass is 421 g/mol. The second kappa shape index (κ2) is 9.17. The van der Waals surface area contributed by atoms with E-state index in [9.17, 15) is 22.8 Å². The van der Waals surface area contributed by atoms with Crippen LogP contribution < -0.4 is 15.4 Å². The number of hydrogen-bond acceptors (Lipinski definition) is 4. The third kappa shape index (κ3) is 6.21. The lowest BCUT2D eigenvalue weighted by molar-refractivity contribution is -0.274. The fourth-order valence-electron chi connectivity index (χ4n) is 3.32. The van der Waals surface area contributed by atoms with Crippen molar-refractivity contribution >= 4 is 23.2 Å². The first-order chi connectivity index (χ1) is 14.2. The van der Waals surface area contributed by atoms with Crippen molar-refractivity contribution in [1.29, 1.82) is 0 Å². The molecule has 1 aliphatic rings. The Labute approximate surface area is 172 Å². The van der Waals surface area contributed by atoms with E-state index in [0.717, 1.165) is 38.1 Å². The fourth-order valence-corrected chi connectivity index (χ4v) is 3.32. The van der Waals surface area contributed by atoms with E-state index in [0.29, 0.717) is 11.3 Å². The fraction of sp³-hybridized carbons (Fsp3) is 0.333. The van der Waals surface area contributed by atoms with Crippen LogP contribution in [-0.4, -0.2) is 43.2 Å². The summed E-state index contributed by atoms with van der Waals surface area (Å²) in [6.07, 6.45) is -3.23. The predicted molar refractivity (Wildman–Crippen MR) is 107 cm³/mol. The number of urea groups is 1. The summed E-state index contributed by atoms with van der Waals surface area (Å²) in [6.45, 7) is 1.74. The highest BCUT2D eigenvalue weighted by atomic mass is 19.4. The highest BCUT2D eigenvalue weighted by molar-refractivity contribution is 6.02. The number of likely N-dealkylation sites (tertiary alicyclic amines) is 1. The van der Waals surface area contributed by atoms with E-state index >= 15 is 0 Å². The van der Waals surface area contributed by atoms with Crippen LogP contribution >= 0.6 is 0 Å². The molecule has 0 aliphatic carbocycles. The summed E-state index contributed by atoms with van der Waals surface area (Å²) >= 11 is 0. The predicted octanol–water partition coefficient (Wildman–Crippen LogP) is 4.75. The molecule has 2 aromatic rings. The van der Waals surface area contributed by atoms with Crippen molar-refractivity contribution in [1.82, 2.24) is 4.90 Å². The van der Waals surface area contributed by atoms with E-state index in [1.807, 2.05) is 7.05 Å². The van der Waals surface area contributed by atoms with Crippen LogP contribution in [0.3, 0.4) is 0 Å². The molecule has 1 heterocycles. The lowest BCUT2D eigenvalue weighted by atomic mass is 9.89. The second-order valence-electron chi connectivity index (χ2n) is 7.18. The van der Waals surface area contributed by atoms with E-state index in [1.54, 1.807) is 24.3 Å². The van der Waals surface area contributed by atoms with Gasteiger partial charge in [0.1, 0.15) is 5.75 Å². The molecular formula is C21H22F3N3O3. The molecule has 1 fully saturated rings. The summed E-state index contributed by atoms with van der Waals surface area (Å²) in [7, 11) is 2.02. The quantitative estimate of drug-likeness (QED) is 0.684. The smallest absolute Gasteiger partial charge is 0.406 e. The Morgan fingerprint density at radius 3 is 2.23 bits per heavy atom. The van der Waals surface area contributed by atoms with Gasteiger partial charge in [0.25, 0.3) is 0 Å². The Kier molecular flexibility index (Phi) is 6.61. The number of hydrogen-bond donors (Lipinski definition) is 2. The van der Waals surface area contributed by atoms with Crippen molar-refractivity contribution in [3.05, 3.63) is 54.1 Å². The zero-order chi connectivity index (χ0) is 21.7. The van der Waals surface area contributed by atoms with E-state index in [4.69, 9.17) is 0 Å². The van der Waals surface area contributed by atoms with Crippen LogP contribution in [0.1, 0.15) is 23.2 Å². The van der Waals surface area contributed by atoms with Gasteiger partial charge in [-0.15, -0.1) is 13.2 Å². The van der Waals surface area contributed by atoms with Crippen LogP contribution in [0.5, 0.6) is 5.75 Å². The van der Waals surface area contributed by atoms with Gasteiger partial charge in [0.05, 0.1) is 0 Å². The SMILES string of the molecule is CN1CCC(C(=O)c2cccc(NC(=O)Nc3cccc(OC(F)(F)F)c3)c2)CC1. The molecule has 9 heteroatoms. The van der Waals surface area contributed by atoms with Crippen LogP contribution in [0.2, 0.25) is 0 Å². The Bertz CT molecular complexity index is 910. The zero-order valence-electron chi connectivity index (χ0n) is 16.3. The number of ether oxygens (including phenoxy) is 1. The van der Waals surface area contributed by atoms with Crippen LogP contribution in [-0.2, 0) is 0 Å². The van der Waals surface area contributed by atoms with Gasteiger partial charge in [-0.3, -0.25) is 4.79 Å². The van der Waals surface area contributed by atoms with E-state index in [-0.39, 0.29) is 17.4 Å². The minimum absolute atomic E-state index is 0.0401. The zero-order valence-corrected chi connectivity index (χ0v) is 16.3. The van der Waals surface area contributed by atoms with E-state index in [2.05, 4.69) is 20.3 Å². The summed E-state index contributed by atoms with van der Waals surface area (Å²) in [6, 6.07) is 10.9. The highest BCUT2D eigenvalue weighted by Gasteiger charge is 2.31. The average molecular weight is 421 g/mol. The van der Waals surface area contributed by atoms with Crippen LogP contribution in [0.15, 0.2) is 48.5 Å². The normalized spacial score (nSPS) is 15.5. The minimum atomic E-state index is -4.82. The Morgan fingerprint density at radius 1 is 1.00 bits per heavy atom. The number of nitrogens with one attached hydrogen (secondary N) is 2. The first kappa shape index (κ1) is 21.6. The molecule has 0 radical (unpaired) electrons. The molecule has 0 unspecified atom stereocenters. The van der Waals surface area contributed by atoms with Gasteiger partial charge in [-0.25, -0.2) is 4.79 Å². The molecule has 0 saturated carbocycles. The molecule has 0 atom stereocenters. The molecule has 2 aromatic carbocycles. The summed E-state index contributed by atoms with van der Waals surface area (Å²) in [5.74, 6) is -0.433. The summed E-state index contributed by atoms with van der Waals surface area (Å²) < 4.78 is 40.8. The topological polar surface area (TPSA) is 70.7 Å². The molecule has 2 N–H and O–H groups in total. The van der Waals surface area contributed by atoms with Gasteiger partial charge in [0.2, 0.25) is 0 Å². The van der Waals surface area contributed by atoms with Crippen molar-refractivity contribution < 1.29 is 27.5 Å². The van der Waals surface area contributed by atoms with Gasteiger partial charge >= 0.3 is 12.4 Å². The number of amides is 2. The molecule has 1 aliphatic heterocycles. The van der Waals surface area contributed by atoms with Gasteiger partial charge in [-0.05, 0) is 57.2 Å². The van der Waals surface area contributed by atoms with Gasteiger partial charge in [0.15, 0.2) is 5.78 Å². The van der Waals surface area contributed by atoms with Crippen LogP contribution in [0.25, 0.3) is 0 Å². The maximum atomic E-state index is 12.7. The number of anilines is 2. The molecule has 6 nitrogen and oxygen atoms in total. The number of Topliss-reactive ketones (excluding diaryl/α,β-unsaturated/α-hetero) is 1. The van der Waals surface area contributed by atoms with Gasteiger partial charge in [0, 0.05) is 28.9 Å². The lowest BCUT2D eigenvalue weighted by Gasteiger charge is -2.28. The maximum absolute atomic E-state index is 12.7. The third-order valence-electron chi connectivity index (χ3n) is 4.82. The number of benzene rings is 2. The molecule has 3 rings (SSSR count). The van der Waals surface area contributed by atoms with Crippen molar-refractivity contribution in [3.63, 3.8) is 0 Å². The molecule has 160 valence electrons. The second-order valence-corrected chi connectivity index (χ2v) is 7.18.